The zero-order valence-electron chi connectivity index (χ0n) is 13.0. The average molecular weight is 287 g/mol. The highest BCUT2D eigenvalue weighted by atomic mass is 16.5. The number of esters is 1. The van der Waals surface area contributed by atoms with Crippen LogP contribution in [0.15, 0.2) is 24.3 Å². The number of carbonyl (C=O) groups is 1. The third-order valence-corrected chi connectivity index (χ3v) is 5.10. The first-order chi connectivity index (χ1) is 10.2. The number of hydrogen-bond acceptors (Lipinski definition) is 3. The monoisotopic (exact) mass is 287 g/mol. The molecule has 2 saturated heterocycles. The summed E-state index contributed by atoms with van der Waals surface area (Å²) < 4.78 is 5.08. The van der Waals surface area contributed by atoms with Gasteiger partial charge in [-0.05, 0) is 36.8 Å². The fourth-order valence-corrected chi connectivity index (χ4v) is 4.08. The molecule has 0 saturated carbocycles. The minimum absolute atomic E-state index is 0.0363. The van der Waals surface area contributed by atoms with Gasteiger partial charge in [0, 0.05) is 18.0 Å². The van der Waals surface area contributed by atoms with E-state index in [-0.39, 0.29) is 17.9 Å². The van der Waals surface area contributed by atoms with E-state index < -0.39 is 0 Å². The Labute approximate surface area is 127 Å². The van der Waals surface area contributed by atoms with Crippen LogP contribution in [0.5, 0.6) is 0 Å². The molecule has 2 heterocycles. The van der Waals surface area contributed by atoms with Gasteiger partial charge in [-0.2, -0.15) is 0 Å². The van der Waals surface area contributed by atoms with E-state index in [0.717, 1.165) is 19.3 Å². The largest absolute Gasteiger partial charge is 0.469 e. The Morgan fingerprint density at radius 1 is 1.29 bits per heavy atom. The van der Waals surface area contributed by atoms with Crippen LogP contribution < -0.4 is 5.32 Å². The number of methoxy groups -OCH3 is 1. The van der Waals surface area contributed by atoms with Gasteiger partial charge in [-0.25, -0.2) is 0 Å². The molecule has 2 aliphatic heterocycles. The highest BCUT2D eigenvalue weighted by Gasteiger charge is 2.46. The molecule has 3 nitrogen and oxygen atoms in total. The van der Waals surface area contributed by atoms with Crippen LogP contribution in [-0.4, -0.2) is 25.2 Å². The second-order valence-electron chi connectivity index (χ2n) is 6.43. The van der Waals surface area contributed by atoms with Crippen molar-refractivity contribution < 1.29 is 9.53 Å². The Hall–Kier alpha value is -1.35. The topological polar surface area (TPSA) is 38.3 Å². The van der Waals surface area contributed by atoms with Gasteiger partial charge in [0.2, 0.25) is 0 Å². The molecule has 2 fully saturated rings. The van der Waals surface area contributed by atoms with Gasteiger partial charge >= 0.3 is 5.97 Å². The van der Waals surface area contributed by atoms with Gasteiger partial charge in [-0.3, -0.25) is 4.79 Å². The molecule has 0 amide bonds. The number of aryl methyl sites for hydroxylation is 1. The summed E-state index contributed by atoms with van der Waals surface area (Å²) in [4.78, 5) is 12.2. The summed E-state index contributed by atoms with van der Waals surface area (Å²) in [7, 11) is 1.50. The molecule has 3 rings (SSSR count). The third kappa shape index (κ3) is 2.84. The van der Waals surface area contributed by atoms with Gasteiger partial charge in [0.25, 0.3) is 0 Å². The molecule has 0 aromatic heterocycles. The maximum atomic E-state index is 12.2. The van der Waals surface area contributed by atoms with Crippen LogP contribution in [0.4, 0.5) is 0 Å². The first kappa shape index (κ1) is 14.6. The van der Waals surface area contributed by atoms with Gasteiger partial charge in [-0.1, -0.05) is 37.6 Å². The Morgan fingerprint density at radius 3 is 2.71 bits per heavy atom. The lowest BCUT2D eigenvalue weighted by molar-refractivity contribution is -0.148. The number of piperidine rings is 1. The molecule has 4 atom stereocenters. The van der Waals surface area contributed by atoms with Gasteiger partial charge in [0.1, 0.15) is 0 Å². The molecule has 0 aliphatic carbocycles. The standard InChI is InChI=1S/C18H25NO2/c1-3-4-12-5-7-13(8-6-12)15-11-14-9-10-16(19-14)17(15)18(20)21-2/h5-8,14-17,19H,3-4,9-11H2,1-2H3/t14-,15?,16-,17?/m1/s1. The number of ether oxygens (including phenoxy) is 1. The molecule has 1 N–H and O–H groups in total. The van der Waals surface area contributed by atoms with Crippen molar-refractivity contribution in [3.05, 3.63) is 35.4 Å². The Balaban J connectivity index is 1.85. The van der Waals surface area contributed by atoms with E-state index >= 15 is 0 Å². The van der Waals surface area contributed by atoms with E-state index in [1.54, 1.807) is 0 Å². The Morgan fingerprint density at radius 2 is 2.05 bits per heavy atom. The van der Waals surface area contributed by atoms with Crippen LogP contribution in [0, 0.1) is 5.92 Å². The highest BCUT2D eigenvalue weighted by Crippen LogP contribution is 2.42. The fourth-order valence-electron chi connectivity index (χ4n) is 4.08. The number of rotatable bonds is 4. The maximum Gasteiger partial charge on any atom is 0.310 e. The van der Waals surface area contributed by atoms with Gasteiger partial charge in [-0.15, -0.1) is 0 Å². The minimum atomic E-state index is -0.0597. The lowest BCUT2D eigenvalue weighted by atomic mass is 9.77. The second-order valence-corrected chi connectivity index (χ2v) is 6.43. The van der Waals surface area contributed by atoms with E-state index in [0.29, 0.717) is 12.0 Å². The lowest BCUT2D eigenvalue weighted by Crippen LogP contribution is -2.48. The summed E-state index contributed by atoms with van der Waals surface area (Å²) in [5, 5.41) is 3.59. The van der Waals surface area contributed by atoms with E-state index in [1.165, 1.54) is 31.1 Å². The highest BCUT2D eigenvalue weighted by molar-refractivity contribution is 5.75. The average Bonchev–Trinajstić information content (AvgIpc) is 2.89. The van der Waals surface area contributed by atoms with Gasteiger partial charge in [0.15, 0.2) is 0 Å². The van der Waals surface area contributed by atoms with Crippen molar-refractivity contribution in [2.75, 3.05) is 7.11 Å². The first-order valence-corrected chi connectivity index (χ1v) is 8.15. The van der Waals surface area contributed by atoms with E-state index in [4.69, 9.17) is 4.74 Å². The van der Waals surface area contributed by atoms with Gasteiger partial charge in [0.05, 0.1) is 13.0 Å². The Bertz CT molecular complexity index is 496. The molecule has 2 aliphatic rings. The van der Waals surface area contributed by atoms with Crippen LogP contribution in [0.25, 0.3) is 0 Å². The van der Waals surface area contributed by atoms with Gasteiger partial charge < -0.3 is 10.1 Å². The molecule has 0 radical (unpaired) electrons. The zero-order chi connectivity index (χ0) is 14.8. The normalized spacial score (nSPS) is 31.1. The first-order valence-electron chi connectivity index (χ1n) is 8.15. The van der Waals surface area contributed by atoms with E-state index in [1.807, 2.05) is 0 Å². The van der Waals surface area contributed by atoms with Crippen molar-refractivity contribution in [1.29, 1.82) is 0 Å². The minimum Gasteiger partial charge on any atom is -0.469 e. The molecule has 2 unspecified atom stereocenters. The third-order valence-electron chi connectivity index (χ3n) is 5.10. The number of carbonyl (C=O) groups excluding carboxylic acids is 1. The smallest absolute Gasteiger partial charge is 0.310 e. The summed E-state index contributed by atoms with van der Waals surface area (Å²) in [6, 6.07) is 9.73. The molecular formula is C18H25NO2. The molecular weight excluding hydrogens is 262 g/mol. The van der Waals surface area contributed by atoms with E-state index in [2.05, 4.69) is 36.5 Å². The molecule has 1 aromatic rings. The summed E-state index contributed by atoms with van der Waals surface area (Å²) >= 11 is 0. The van der Waals surface area contributed by atoms with Crippen molar-refractivity contribution in [3.63, 3.8) is 0 Å². The second kappa shape index (κ2) is 6.18. The lowest BCUT2D eigenvalue weighted by Gasteiger charge is -2.36. The number of nitrogens with one attached hydrogen (secondary N) is 1. The van der Waals surface area contributed by atoms with Crippen molar-refractivity contribution in [2.24, 2.45) is 5.92 Å². The van der Waals surface area contributed by atoms with Crippen LogP contribution in [0.2, 0.25) is 0 Å². The summed E-state index contributed by atoms with van der Waals surface area (Å²) in [6.45, 7) is 2.20. The summed E-state index contributed by atoms with van der Waals surface area (Å²) in [5.74, 6) is 0.202. The molecule has 21 heavy (non-hydrogen) atoms. The number of benzene rings is 1. The quantitative estimate of drug-likeness (QED) is 0.865. The predicted octanol–water partition coefficient (Wildman–Crippen LogP) is 3.04. The number of hydrogen-bond donors (Lipinski definition) is 1. The Kier molecular flexibility index (Phi) is 4.29. The molecule has 114 valence electrons. The van der Waals surface area contributed by atoms with Crippen LogP contribution in [0.3, 0.4) is 0 Å². The van der Waals surface area contributed by atoms with Crippen molar-refractivity contribution >= 4 is 5.97 Å². The van der Waals surface area contributed by atoms with Crippen molar-refractivity contribution in [2.45, 2.75) is 57.0 Å². The van der Waals surface area contributed by atoms with Crippen LogP contribution >= 0.6 is 0 Å². The van der Waals surface area contributed by atoms with E-state index in [9.17, 15) is 4.79 Å². The maximum absolute atomic E-state index is 12.2. The molecule has 3 heteroatoms. The van der Waals surface area contributed by atoms with Crippen molar-refractivity contribution in [3.8, 4) is 0 Å². The predicted molar refractivity (Wildman–Crippen MR) is 83.2 cm³/mol. The molecule has 2 bridgehead atoms. The fraction of sp³-hybridized carbons (Fsp3) is 0.611. The van der Waals surface area contributed by atoms with Crippen molar-refractivity contribution in [1.82, 2.24) is 5.32 Å². The summed E-state index contributed by atoms with van der Waals surface area (Å²) in [6.07, 6.45) is 5.61. The number of fused-ring (bicyclic) bond motifs is 2. The SMILES string of the molecule is CCCc1ccc(C2C[C@H]3CC[C@@H](N3)C2C(=O)OC)cc1. The van der Waals surface area contributed by atoms with Crippen LogP contribution in [0.1, 0.15) is 49.7 Å². The zero-order valence-corrected chi connectivity index (χ0v) is 13.0. The van der Waals surface area contributed by atoms with Crippen LogP contribution in [-0.2, 0) is 16.0 Å². The molecule has 0 spiro atoms. The molecule has 1 aromatic carbocycles. The summed E-state index contributed by atoms with van der Waals surface area (Å²) in [5.41, 5.74) is 2.68.